The van der Waals surface area contributed by atoms with Crippen molar-refractivity contribution >= 4 is 5.91 Å². The van der Waals surface area contributed by atoms with E-state index in [1.165, 1.54) is 32.1 Å². The number of carbonyl (C=O) groups is 1. The maximum absolute atomic E-state index is 11.6. The van der Waals surface area contributed by atoms with Crippen molar-refractivity contribution in [1.29, 1.82) is 0 Å². The van der Waals surface area contributed by atoms with E-state index in [-0.39, 0.29) is 5.91 Å². The lowest BCUT2D eigenvalue weighted by molar-refractivity contribution is -0.128. The van der Waals surface area contributed by atoms with E-state index in [4.69, 9.17) is 0 Å². The molecular formula is C13H26N2O. The van der Waals surface area contributed by atoms with Gasteiger partial charge in [-0.2, -0.15) is 0 Å². The summed E-state index contributed by atoms with van der Waals surface area (Å²) < 4.78 is 0. The third-order valence-corrected chi connectivity index (χ3v) is 3.80. The van der Waals surface area contributed by atoms with Gasteiger partial charge in [-0.15, -0.1) is 0 Å². The molecule has 2 atom stereocenters. The van der Waals surface area contributed by atoms with Gasteiger partial charge in [0.05, 0.1) is 6.54 Å². The van der Waals surface area contributed by atoms with Crippen LogP contribution >= 0.6 is 0 Å². The third-order valence-electron chi connectivity index (χ3n) is 3.80. The van der Waals surface area contributed by atoms with Crippen molar-refractivity contribution in [3.63, 3.8) is 0 Å². The van der Waals surface area contributed by atoms with Crippen LogP contribution in [0.5, 0.6) is 0 Å². The quantitative estimate of drug-likeness (QED) is 0.778. The van der Waals surface area contributed by atoms with Gasteiger partial charge in [0.2, 0.25) is 5.91 Å². The van der Waals surface area contributed by atoms with Gasteiger partial charge in [0.25, 0.3) is 0 Å². The Morgan fingerprint density at radius 1 is 1.38 bits per heavy atom. The van der Waals surface area contributed by atoms with Crippen LogP contribution in [0.25, 0.3) is 0 Å². The molecule has 1 aliphatic carbocycles. The van der Waals surface area contributed by atoms with Gasteiger partial charge in [-0.25, -0.2) is 0 Å². The Kier molecular flexibility index (Phi) is 5.81. The molecule has 3 nitrogen and oxygen atoms in total. The van der Waals surface area contributed by atoms with Crippen molar-refractivity contribution in [2.24, 2.45) is 5.92 Å². The van der Waals surface area contributed by atoms with Crippen molar-refractivity contribution in [3.05, 3.63) is 0 Å². The van der Waals surface area contributed by atoms with Crippen molar-refractivity contribution in [2.75, 3.05) is 20.1 Å². The van der Waals surface area contributed by atoms with E-state index >= 15 is 0 Å². The fraction of sp³-hybridized carbons (Fsp3) is 0.923. The summed E-state index contributed by atoms with van der Waals surface area (Å²) in [6, 6.07) is 0.563. The molecule has 0 aromatic carbocycles. The third kappa shape index (κ3) is 4.12. The van der Waals surface area contributed by atoms with Crippen molar-refractivity contribution in [2.45, 2.75) is 52.0 Å². The normalized spacial score (nSPS) is 25.4. The van der Waals surface area contributed by atoms with Gasteiger partial charge in [-0.1, -0.05) is 26.2 Å². The molecule has 16 heavy (non-hydrogen) atoms. The molecule has 0 spiro atoms. The monoisotopic (exact) mass is 226 g/mol. The molecule has 0 aliphatic heterocycles. The van der Waals surface area contributed by atoms with Crippen LogP contribution in [0.15, 0.2) is 0 Å². The maximum atomic E-state index is 11.6. The van der Waals surface area contributed by atoms with Crippen molar-refractivity contribution < 1.29 is 4.79 Å². The number of hydrogen-bond acceptors (Lipinski definition) is 2. The van der Waals surface area contributed by atoms with Crippen LogP contribution in [0.4, 0.5) is 0 Å². The second kappa shape index (κ2) is 6.89. The molecule has 0 bridgehead atoms. The minimum atomic E-state index is 0.209. The summed E-state index contributed by atoms with van der Waals surface area (Å²) in [5.74, 6) is 1.08. The van der Waals surface area contributed by atoms with Crippen LogP contribution in [-0.2, 0) is 4.79 Å². The van der Waals surface area contributed by atoms with Crippen LogP contribution in [-0.4, -0.2) is 37.0 Å². The van der Waals surface area contributed by atoms with E-state index in [1.54, 1.807) is 4.90 Å². The molecule has 1 rings (SSSR count). The molecule has 0 radical (unpaired) electrons. The fourth-order valence-corrected chi connectivity index (χ4v) is 2.39. The van der Waals surface area contributed by atoms with Gasteiger partial charge in [0.1, 0.15) is 0 Å². The Bertz CT molecular complexity index is 218. The highest BCUT2D eigenvalue weighted by Crippen LogP contribution is 2.26. The molecule has 1 aliphatic rings. The molecule has 0 aromatic heterocycles. The largest absolute Gasteiger partial charge is 0.345 e. The molecule has 0 aromatic rings. The second-order valence-electron chi connectivity index (χ2n) is 4.93. The number of nitrogens with one attached hydrogen (secondary N) is 1. The summed E-state index contributed by atoms with van der Waals surface area (Å²) in [6.45, 7) is 5.57. The number of hydrogen-bond donors (Lipinski definition) is 1. The van der Waals surface area contributed by atoms with Crippen LogP contribution in [0.3, 0.4) is 0 Å². The zero-order valence-electron chi connectivity index (χ0n) is 11.0. The Balaban J connectivity index is 2.24. The molecule has 0 heterocycles. The zero-order valence-corrected chi connectivity index (χ0v) is 11.0. The summed E-state index contributed by atoms with van der Waals surface area (Å²) in [6.07, 6.45) is 6.45. The van der Waals surface area contributed by atoms with Crippen LogP contribution in [0, 0.1) is 5.92 Å². The van der Waals surface area contributed by atoms with E-state index in [0.717, 1.165) is 12.5 Å². The number of amides is 1. The SMILES string of the molecule is CCC1CCCC(NCC(=O)N(C)CC)C1. The van der Waals surface area contributed by atoms with Crippen LogP contribution < -0.4 is 5.32 Å². The van der Waals surface area contributed by atoms with Gasteiger partial charge in [-0.05, 0) is 25.7 Å². The fourth-order valence-electron chi connectivity index (χ4n) is 2.39. The second-order valence-corrected chi connectivity index (χ2v) is 4.93. The Morgan fingerprint density at radius 2 is 2.12 bits per heavy atom. The first-order valence-corrected chi connectivity index (χ1v) is 6.64. The number of nitrogens with zero attached hydrogens (tertiary/aromatic N) is 1. The average molecular weight is 226 g/mol. The number of rotatable bonds is 5. The molecule has 1 fully saturated rings. The van der Waals surface area contributed by atoms with E-state index in [9.17, 15) is 4.79 Å². The van der Waals surface area contributed by atoms with Gasteiger partial charge >= 0.3 is 0 Å². The van der Waals surface area contributed by atoms with Gasteiger partial charge in [0, 0.05) is 19.6 Å². The Morgan fingerprint density at radius 3 is 2.75 bits per heavy atom. The Hall–Kier alpha value is -0.570. The van der Waals surface area contributed by atoms with E-state index < -0.39 is 0 Å². The molecule has 3 heteroatoms. The van der Waals surface area contributed by atoms with Gasteiger partial charge in [-0.3, -0.25) is 4.79 Å². The first-order chi connectivity index (χ1) is 7.67. The van der Waals surface area contributed by atoms with E-state index in [2.05, 4.69) is 12.2 Å². The first-order valence-electron chi connectivity index (χ1n) is 6.64. The Labute approximate surface area is 99.6 Å². The maximum Gasteiger partial charge on any atom is 0.236 e. The first kappa shape index (κ1) is 13.5. The number of likely N-dealkylation sites (N-methyl/N-ethyl adjacent to an activating group) is 1. The lowest BCUT2D eigenvalue weighted by Crippen LogP contribution is -2.41. The topological polar surface area (TPSA) is 32.3 Å². The van der Waals surface area contributed by atoms with Crippen molar-refractivity contribution in [3.8, 4) is 0 Å². The van der Waals surface area contributed by atoms with Gasteiger partial charge < -0.3 is 10.2 Å². The van der Waals surface area contributed by atoms with E-state index in [0.29, 0.717) is 12.6 Å². The molecule has 1 amide bonds. The minimum Gasteiger partial charge on any atom is -0.345 e. The zero-order chi connectivity index (χ0) is 12.0. The standard InChI is InChI=1S/C13H26N2O/c1-4-11-7-6-8-12(9-11)14-10-13(16)15(3)5-2/h11-12,14H,4-10H2,1-3H3. The highest BCUT2D eigenvalue weighted by molar-refractivity contribution is 5.77. The molecule has 1 N–H and O–H groups in total. The molecule has 1 saturated carbocycles. The van der Waals surface area contributed by atoms with E-state index in [1.807, 2.05) is 14.0 Å². The summed E-state index contributed by atoms with van der Waals surface area (Å²) in [4.78, 5) is 13.4. The summed E-state index contributed by atoms with van der Waals surface area (Å²) in [5, 5.41) is 3.41. The van der Waals surface area contributed by atoms with Gasteiger partial charge in [0.15, 0.2) is 0 Å². The van der Waals surface area contributed by atoms with Crippen molar-refractivity contribution in [1.82, 2.24) is 10.2 Å². The lowest BCUT2D eigenvalue weighted by Gasteiger charge is -2.29. The highest BCUT2D eigenvalue weighted by Gasteiger charge is 2.21. The summed E-state index contributed by atoms with van der Waals surface area (Å²) in [7, 11) is 1.86. The molecule has 94 valence electrons. The highest BCUT2D eigenvalue weighted by atomic mass is 16.2. The minimum absolute atomic E-state index is 0.209. The van der Waals surface area contributed by atoms with Crippen LogP contribution in [0.1, 0.15) is 46.0 Å². The molecular weight excluding hydrogens is 200 g/mol. The van der Waals surface area contributed by atoms with Crippen LogP contribution in [0.2, 0.25) is 0 Å². The number of carbonyl (C=O) groups excluding carboxylic acids is 1. The molecule has 2 unspecified atom stereocenters. The average Bonchev–Trinajstić information content (AvgIpc) is 2.35. The predicted octanol–water partition coefficient (Wildman–Crippen LogP) is 2.02. The molecule has 0 saturated heterocycles. The smallest absolute Gasteiger partial charge is 0.236 e. The summed E-state index contributed by atoms with van der Waals surface area (Å²) in [5.41, 5.74) is 0. The summed E-state index contributed by atoms with van der Waals surface area (Å²) >= 11 is 0. The lowest BCUT2D eigenvalue weighted by atomic mass is 9.84. The predicted molar refractivity (Wildman–Crippen MR) is 67.4 cm³/mol.